The molecule has 5 heteroatoms. The predicted octanol–water partition coefficient (Wildman–Crippen LogP) is 2.72. The highest BCUT2D eigenvalue weighted by Gasteiger charge is 2.20. The zero-order valence-corrected chi connectivity index (χ0v) is 12.6. The largest absolute Gasteiger partial charge is 0.387 e. The molecule has 3 atom stereocenters. The topological polar surface area (TPSA) is 50.1 Å². The Morgan fingerprint density at radius 1 is 1.29 bits per heavy atom. The van der Waals surface area contributed by atoms with E-state index in [2.05, 4.69) is 17.3 Å². The van der Waals surface area contributed by atoms with Crippen LogP contribution in [0, 0.1) is 5.82 Å². The molecule has 114 valence electrons. The van der Waals surface area contributed by atoms with Crippen molar-refractivity contribution in [1.29, 1.82) is 0 Å². The van der Waals surface area contributed by atoms with Crippen LogP contribution >= 0.6 is 0 Å². The maximum absolute atomic E-state index is 12.9. The molecule has 1 heterocycles. The fraction of sp³-hybridized carbons (Fsp3) is 0.438. The van der Waals surface area contributed by atoms with Crippen LogP contribution in [0.4, 0.5) is 4.39 Å². The number of aliphatic hydroxyl groups excluding tert-OH is 1. The molecular formula is C16H22FN3O. The van der Waals surface area contributed by atoms with Gasteiger partial charge in [0.15, 0.2) is 0 Å². The number of aliphatic hydroxyl groups is 1. The molecule has 0 saturated heterocycles. The smallest absolute Gasteiger partial charge is 0.123 e. The van der Waals surface area contributed by atoms with Crippen LogP contribution in [0.2, 0.25) is 0 Å². The molecule has 2 rings (SSSR count). The zero-order chi connectivity index (χ0) is 15.4. The van der Waals surface area contributed by atoms with Gasteiger partial charge in [-0.1, -0.05) is 19.1 Å². The molecule has 21 heavy (non-hydrogen) atoms. The van der Waals surface area contributed by atoms with Crippen LogP contribution in [0.15, 0.2) is 36.7 Å². The Hall–Kier alpha value is -1.72. The van der Waals surface area contributed by atoms with Gasteiger partial charge in [-0.2, -0.15) is 5.10 Å². The van der Waals surface area contributed by atoms with Crippen molar-refractivity contribution in [3.63, 3.8) is 0 Å². The molecule has 0 fully saturated rings. The Kier molecular flexibility index (Phi) is 5.09. The number of benzene rings is 1. The summed E-state index contributed by atoms with van der Waals surface area (Å²) in [5.74, 6) is -0.298. The zero-order valence-electron chi connectivity index (χ0n) is 12.6. The predicted molar refractivity (Wildman–Crippen MR) is 80.2 cm³/mol. The molecule has 0 bridgehead atoms. The average Bonchev–Trinajstić information content (AvgIpc) is 2.91. The Morgan fingerprint density at radius 2 is 1.95 bits per heavy atom. The Bertz CT molecular complexity index is 567. The third kappa shape index (κ3) is 3.89. The first-order valence-electron chi connectivity index (χ1n) is 7.19. The Labute approximate surface area is 124 Å². The van der Waals surface area contributed by atoms with E-state index in [0.717, 1.165) is 12.0 Å². The molecule has 0 radical (unpaired) electrons. The molecule has 0 aliphatic carbocycles. The second kappa shape index (κ2) is 6.83. The van der Waals surface area contributed by atoms with Crippen molar-refractivity contribution in [3.05, 3.63) is 53.6 Å². The van der Waals surface area contributed by atoms with Crippen molar-refractivity contribution in [2.75, 3.05) is 0 Å². The second-order valence-electron chi connectivity index (χ2n) is 5.36. The normalized spacial score (nSPS) is 15.7. The van der Waals surface area contributed by atoms with Crippen LogP contribution in [0.25, 0.3) is 0 Å². The maximum atomic E-state index is 12.9. The summed E-state index contributed by atoms with van der Waals surface area (Å²) in [6, 6.07) is 5.93. The van der Waals surface area contributed by atoms with Crippen molar-refractivity contribution in [1.82, 2.24) is 15.1 Å². The number of halogens is 1. The van der Waals surface area contributed by atoms with Gasteiger partial charge in [0.1, 0.15) is 5.82 Å². The third-order valence-corrected chi connectivity index (χ3v) is 3.68. The van der Waals surface area contributed by atoms with Crippen LogP contribution in [-0.4, -0.2) is 20.9 Å². The van der Waals surface area contributed by atoms with Gasteiger partial charge in [0, 0.05) is 30.9 Å². The van der Waals surface area contributed by atoms with E-state index in [-0.39, 0.29) is 17.9 Å². The highest BCUT2D eigenvalue weighted by atomic mass is 19.1. The molecule has 4 nitrogen and oxygen atoms in total. The van der Waals surface area contributed by atoms with Crippen LogP contribution in [0.3, 0.4) is 0 Å². The van der Waals surface area contributed by atoms with Crippen molar-refractivity contribution < 1.29 is 9.50 Å². The minimum atomic E-state index is -0.684. The summed E-state index contributed by atoms with van der Waals surface area (Å²) in [5, 5.41) is 18.0. The third-order valence-electron chi connectivity index (χ3n) is 3.68. The van der Waals surface area contributed by atoms with Gasteiger partial charge < -0.3 is 10.4 Å². The van der Waals surface area contributed by atoms with E-state index >= 15 is 0 Å². The van der Waals surface area contributed by atoms with Crippen LogP contribution in [0.1, 0.15) is 43.5 Å². The maximum Gasteiger partial charge on any atom is 0.123 e. The standard InChI is InChI=1S/C16H22FN3O/c1-4-15(13-9-18-20(3)10-13)19-11(2)16(21)12-5-7-14(17)8-6-12/h5-11,15-16,19,21H,4H2,1-3H3. The summed E-state index contributed by atoms with van der Waals surface area (Å²) < 4.78 is 14.7. The molecule has 3 unspecified atom stereocenters. The van der Waals surface area contributed by atoms with Gasteiger partial charge in [-0.05, 0) is 31.0 Å². The molecule has 2 N–H and O–H groups in total. The summed E-state index contributed by atoms with van der Waals surface area (Å²) in [6.45, 7) is 4.01. The molecular weight excluding hydrogens is 269 g/mol. The molecule has 0 spiro atoms. The van der Waals surface area contributed by atoms with Crippen molar-refractivity contribution in [2.24, 2.45) is 7.05 Å². The lowest BCUT2D eigenvalue weighted by molar-refractivity contribution is 0.128. The fourth-order valence-electron chi connectivity index (χ4n) is 2.43. The summed E-state index contributed by atoms with van der Waals surface area (Å²) in [7, 11) is 1.88. The number of hydrogen-bond acceptors (Lipinski definition) is 3. The molecule has 0 amide bonds. The van der Waals surface area contributed by atoms with Gasteiger partial charge >= 0.3 is 0 Å². The summed E-state index contributed by atoms with van der Waals surface area (Å²) in [5.41, 5.74) is 1.80. The summed E-state index contributed by atoms with van der Waals surface area (Å²) in [6.07, 6.45) is 4.01. The van der Waals surface area contributed by atoms with Crippen molar-refractivity contribution in [2.45, 2.75) is 38.5 Å². The first-order valence-corrected chi connectivity index (χ1v) is 7.19. The van der Waals surface area contributed by atoms with E-state index in [0.29, 0.717) is 5.56 Å². The highest BCUT2D eigenvalue weighted by Crippen LogP contribution is 2.22. The van der Waals surface area contributed by atoms with Crippen LogP contribution in [0.5, 0.6) is 0 Å². The Morgan fingerprint density at radius 3 is 2.48 bits per heavy atom. The molecule has 2 aromatic rings. The first kappa shape index (κ1) is 15.7. The van der Waals surface area contributed by atoms with Gasteiger partial charge in [0.05, 0.1) is 12.3 Å². The van der Waals surface area contributed by atoms with Gasteiger partial charge in [0.25, 0.3) is 0 Å². The SMILES string of the molecule is CCC(NC(C)C(O)c1ccc(F)cc1)c1cnn(C)c1. The second-order valence-corrected chi connectivity index (χ2v) is 5.36. The van der Waals surface area contributed by atoms with Crippen molar-refractivity contribution in [3.8, 4) is 0 Å². The number of aromatic nitrogens is 2. The number of aryl methyl sites for hydroxylation is 1. The Balaban J connectivity index is 2.05. The first-order chi connectivity index (χ1) is 10.0. The summed E-state index contributed by atoms with van der Waals surface area (Å²) in [4.78, 5) is 0. The molecule has 0 aliphatic rings. The van der Waals surface area contributed by atoms with E-state index in [4.69, 9.17) is 0 Å². The number of nitrogens with one attached hydrogen (secondary N) is 1. The minimum absolute atomic E-state index is 0.129. The molecule has 1 aromatic heterocycles. The van der Waals surface area contributed by atoms with Gasteiger partial charge in [-0.15, -0.1) is 0 Å². The number of hydrogen-bond donors (Lipinski definition) is 2. The van der Waals surface area contributed by atoms with Gasteiger partial charge in [-0.3, -0.25) is 4.68 Å². The van der Waals surface area contributed by atoms with E-state index in [1.807, 2.05) is 26.4 Å². The lowest BCUT2D eigenvalue weighted by Crippen LogP contribution is -2.35. The van der Waals surface area contributed by atoms with Crippen LogP contribution in [-0.2, 0) is 7.05 Å². The van der Waals surface area contributed by atoms with Gasteiger partial charge in [0.2, 0.25) is 0 Å². The fourth-order valence-corrected chi connectivity index (χ4v) is 2.43. The lowest BCUT2D eigenvalue weighted by atomic mass is 10.0. The highest BCUT2D eigenvalue weighted by molar-refractivity contribution is 5.20. The molecule has 1 aromatic carbocycles. The molecule has 0 aliphatic heterocycles. The summed E-state index contributed by atoms with van der Waals surface area (Å²) >= 11 is 0. The van der Waals surface area contributed by atoms with E-state index in [1.165, 1.54) is 12.1 Å². The van der Waals surface area contributed by atoms with Crippen molar-refractivity contribution >= 4 is 0 Å². The van der Waals surface area contributed by atoms with E-state index in [9.17, 15) is 9.50 Å². The quantitative estimate of drug-likeness (QED) is 0.860. The van der Waals surface area contributed by atoms with Crippen LogP contribution < -0.4 is 5.32 Å². The average molecular weight is 291 g/mol. The van der Waals surface area contributed by atoms with E-state index < -0.39 is 6.10 Å². The number of rotatable bonds is 6. The van der Waals surface area contributed by atoms with Gasteiger partial charge in [-0.25, -0.2) is 4.39 Å². The van der Waals surface area contributed by atoms with E-state index in [1.54, 1.807) is 16.8 Å². The minimum Gasteiger partial charge on any atom is -0.387 e. The number of nitrogens with zero attached hydrogens (tertiary/aromatic N) is 2. The molecule has 0 saturated carbocycles. The lowest BCUT2D eigenvalue weighted by Gasteiger charge is -2.25. The monoisotopic (exact) mass is 291 g/mol.